The number of β-amino-alcohol motifs (C(OH)–C–C–N with tert-alkyl or cyclic N) is 1. The average molecular weight is 888 g/mol. The van der Waals surface area contributed by atoms with Crippen molar-refractivity contribution in [3.8, 4) is 27.4 Å². The fraction of sp³-hybridized carbons (Fsp3) is 0.468. The summed E-state index contributed by atoms with van der Waals surface area (Å²) in [7, 11) is 0. The fourth-order valence-corrected chi connectivity index (χ4v) is 10.6. The number of carbonyl (C=O) groups is 2. The number of hydrogen-bond acceptors (Lipinski definition) is 14. The number of nitrogens with two attached hydrogens (primary N) is 1. The molecule has 3 aliphatic rings. The highest BCUT2D eigenvalue weighted by Crippen LogP contribution is 2.36. The molecule has 0 aliphatic carbocycles. The third-order valence-corrected chi connectivity index (χ3v) is 14.4. The van der Waals surface area contributed by atoms with Crippen LogP contribution in [0.5, 0.6) is 5.75 Å². The monoisotopic (exact) mass is 887 g/mol. The van der Waals surface area contributed by atoms with Crippen molar-refractivity contribution in [3.63, 3.8) is 0 Å². The van der Waals surface area contributed by atoms with Crippen molar-refractivity contribution in [2.24, 2.45) is 11.8 Å². The fourth-order valence-electron chi connectivity index (χ4n) is 9.80. The van der Waals surface area contributed by atoms with Crippen molar-refractivity contribution in [2.45, 2.75) is 89.9 Å². The number of nitrogens with zero attached hydrogens (tertiary/aromatic N) is 9. The Morgan fingerprint density at radius 2 is 1.73 bits per heavy atom. The molecule has 3 aliphatic heterocycles. The van der Waals surface area contributed by atoms with Gasteiger partial charge in [-0.2, -0.15) is 5.10 Å². The molecule has 2 aromatic carbocycles. The quantitative estimate of drug-likeness (QED) is 0.106. The number of rotatable bonds is 12. The Morgan fingerprint density at radius 3 is 2.44 bits per heavy atom. The third-order valence-electron chi connectivity index (χ3n) is 13.4. The highest BCUT2D eigenvalue weighted by molar-refractivity contribution is 7.13. The number of hydrogen-bond donors (Lipinski definition) is 4. The number of fused-ring (bicyclic) bond motifs is 1. The van der Waals surface area contributed by atoms with Crippen molar-refractivity contribution >= 4 is 45.8 Å². The van der Waals surface area contributed by atoms with Gasteiger partial charge >= 0.3 is 0 Å². The zero-order valence-electron chi connectivity index (χ0n) is 36.8. The number of piperidine rings is 2. The smallest absolute Gasteiger partial charge is 0.243 e. The molecule has 17 heteroatoms. The Bertz CT molecular complexity index is 2590. The number of aliphatic hydroxyl groups is 1. The van der Waals surface area contributed by atoms with E-state index < -0.39 is 18.1 Å². The standard InChI is InChI=1S/C47H57N11O5S/c1-27(2)42(47(62)57-25-34(59)21-38(57)46(61)50-28(3)31-9-11-32(12-10-31)44-29(4)49-26-64-44)40-23-41(54-63-40)56-19-13-30(14-20-56)24-55-17-15-33(16-18-55)58-37-22-36(35-7-5-6-8-39(35)60)51-52-43(37)45(48)53-58/h5-12,22-23,26-28,30,33-34,38,42,59-60H,13-21,24-25H2,1-4H3,(H2,48,53)(H,50,61)/t28-,34+,38-,42-/m0/s1. The predicted molar refractivity (Wildman–Crippen MR) is 246 cm³/mol. The summed E-state index contributed by atoms with van der Waals surface area (Å²) in [6, 6.07) is 18.1. The first-order valence-corrected chi connectivity index (χ1v) is 23.3. The van der Waals surface area contributed by atoms with Crippen molar-refractivity contribution in [2.75, 3.05) is 49.9 Å². The van der Waals surface area contributed by atoms with Gasteiger partial charge in [-0.1, -0.05) is 55.4 Å². The molecule has 2 amide bonds. The van der Waals surface area contributed by atoms with Crippen LogP contribution in [0, 0.1) is 18.8 Å². The van der Waals surface area contributed by atoms with E-state index in [1.165, 1.54) is 4.90 Å². The summed E-state index contributed by atoms with van der Waals surface area (Å²) >= 11 is 1.60. The first-order chi connectivity index (χ1) is 30.9. The van der Waals surface area contributed by atoms with Crippen molar-refractivity contribution < 1.29 is 24.3 Å². The number of phenolic OH excluding ortho intramolecular Hbond substituents is 1. The van der Waals surface area contributed by atoms with Crippen LogP contribution < -0.4 is 16.0 Å². The largest absolute Gasteiger partial charge is 0.507 e. The zero-order chi connectivity index (χ0) is 44.6. The van der Waals surface area contributed by atoms with Crippen LogP contribution in [-0.2, 0) is 9.59 Å². The lowest BCUT2D eigenvalue weighted by molar-refractivity contribution is -0.141. The number of likely N-dealkylation sites (tertiary alicyclic amines) is 2. The van der Waals surface area contributed by atoms with Gasteiger partial charge in [0.15, 0.2) is 22.9 Å². The number of thiazole rings is 1. The maximum absolute atomic E-state index is 14.3. The molecule has 336 valence electrons. The van der Waals surface area contributed by atoms with E-state index in [1.807, 2.05) is 86.4 Å². The molecule has 0 saturated carbocycles. The molecular formula is C47H57N11O5S. The Hall–Kier alpha value is -5.91. The molecule has 0 unspecified atom stereocenters. The van der Waals surface area contributed by atoms with Crippen LogP contribution in [0.1, 0.15) is 87.9 Å². The second-order valence-corrected chi connectivity index (χ2v) is 19.0. The van der Waals surface area contributed by atoms with E-state index in [4.69, 9.17) is 10.3 Å². The topological polar surface area (TPSA) is 205 Å². The zero-order valence-corrected chi connectivity index (χ0v) is 37.6. The van der Waals surface area contributed by atoms with Gasteiger partial charge in [0.1, 0.15) is 17.7 Å². The number of aliphatic hydroxyl groups excluding tert-OH is 1. The lowest BCUT2D eigenvalue weighted by Gasteiger charge is -2.37. The SMILES string of the molecule is Cc1ncsc1-c1ccc([C@H](C)NC(=O)[C@@H]2C[C@@H](O)CN2C(=O)[C@H](c2cc(N3CCC(CN4CCC(n5nc(N)c6nnc(-c7ccccc7O)cc65)CC4)CC3)no2)C(C)C)cc1. The lowest BCUT2D eigenvalue weighted by atomic mass is 9.91. The molecule has 0 radical (unpaired) electrons. The summed E-state index contributed by atoms with van der Waals surface area (Å²) in [5.74, 6) is 0.905. The van der Waals surface area contributed by atoms with Crippen molar-refractivity contribution in [3.05, 3.63) is 83.2 Å². The van der Waals surface area contributed by atoms with E-state index in [0.717, 1.165) is 91.4 Å². The molecule has 0 spiro atoms. The van der Waals surface area contributed by atoms with Crippen LogP contribution in [0.2, 0.25) is 0 Å². The Labute approximate surface area is 376 Å². The van der Waals surface area contributed by atoms with Gasteiger partial charge in [0.2, 0.25) is 11.8 Å². The van der Waals surface area contributed by atoms with Crippen LogP contribution in [0.25, 0.3) is 32.7 Å². The van der Waals surface area contributed by atoms with E-state index in [0.29, 0.717) is 34.3 Å². The van der Waals surface area contributed by atoms with Crippen LogP contribution in [0.4, 0.5) is 11.6 Å². The first-order valence-electron chi connectivity index (χ1n) is 22.4. The average Bonchev–Trinajstić information content (AvgIpc) is 4.11. The molecule has 6 aromatic rings. The lowest BCUT2D eigenvalue weighted by Crippen LogP contribution is -2.48. The van der Waals surface area contributed by atoms with Gasteiger partial charge in [0.25, 0.3) is 0 Å². The minimum atomic E-state index is -0.806. The molecule has 3 fully saturated rings. The molecule has 5 N–H and O–H groups in total. The number of phenols is 1. The van der Waals surface area contributed by atoms with Gasteiger partial charge in [-0.3, -0.25) is 14.3 Å². The van der Waals surface area contributed by atoms with Gasteiger partial charge in [-0.25, -0.2) is 4.98 Å². The highest BCUT2D eigenvalue weighted by Gasteiger charge is 2.44. The second-order valence-electron chi connectivity index (χ2n) is 18.1. The highest BCUT2D eigenvalue weighted by atomic mass is 32.1. The van der Waals surface area contributed by atoms with Gasteiger partial charge in [-0.05, 0) is 80.7 Å². The Balaban J connectivity index is 0.778. The first kappa shape index (κ1) is 43.3. The van der Waals surface area contributed by atoms with Gasteiger partial charge in [-0.15, -0.1) is 21.5 Å². The van der Waals surface area contributed by atoms with Crippen LogP contribution in [0.3, 0.4) is 0 Å². The molecule has 9 rings (SSSR count). The second kappa shape index (κ2) is 18.3. The van der Waals surface area contributed by atoms with E-state index in [-0.39, 0.29) is 48.5 Å². The number of anilines is 2. The summed E-state index contributed by atoms with van der Waals surface area (Å²) in [6.07, 6.45) is 3.26. The predicted octanol–water partition coefficient (Wildman–Crippen LogP) is 6.33. The van der Waals surface area contributed by atoms with Crippen molar-refractivity contribution in [1.82, 2.24) is 45.2 Å². The number of carbonyl (C=O) groups excluding carboxylic acids is 2. The maximum Gasteiger partial charge on any atom is 0.243 e. The summed E-state index contributed by atoms with van der Waals surface area (Å²) in [5, 5.41) is 42.1. The van der Waals surface area contributed by atoms with E-state index in [2.05, 4.69) is 40.6 Å². The molecule has 4 atom stereocenters. The number of amides is 2. The maximum atomic E-state index is 14.3. The number of aromatic hydroxyl groups is 1. The number of benzene rings is 2. The van der Waals surface area contributed by atoms with Crippen molar-refractivity contribution in [1.29, 1.82) is 0 Å². The van der Waals surface area contributed by atoms with E-state index in [1.54, 1.807) is 23.5 Å². The molecule has 0 bridgehead atoms. The van der Waals surface area contributed by atoms with Crippen LogP contribution in [0.15, 0.2) is 70.7 Å². The summed E-state index contributed by atoms with van der Waals surface area (Å²) in [4.78, 5) is 39.9. The number of nitrogens with one attached hydrogen (secondary N) is 1. The number of para-hydroxylation sites is 1. The summed E-state index contributed by atoms with van der Waals surface area (Å²) in [5.41, 5.74) is 13.7. The molecule has 16 nitrogen and oxygen atoms in total. The Morgan fingerprint density at radius 1 is 0.984 bits per heavy atom. The number of nitrogen functional groups attached to an aromatic ring is 1. The molecule has 7 heterocycles. The molecule has 3 saturated heterocycles. The molecular weight excluding hydrogens is 831 g/mol. The van der Waals surface area contributed by atoms with Gasteiger partial charge < -0.3 is 40.5 Å². The third kappa shape index (κ3) is 8.80. The normalized spacial score (nSPS) is 20.0. The van der Waals surface area contributed by atoms with Gasteiger partial charge in [0, 0.05) is 57.3 Å². The summed E-state index contributed by atoms with van der Waals surface area (Å²) < 4.78 is 7.92. The number of aryl methyl sites for hydroxylation is 1. The minimum absolute atomic E-state index is 0.0787. The number of aromatic nitrogens is 6. The van der Waals surface area contributed by atoms with Crippen LogP contribution >= 0.6 is 11.3 Å². The Kier molecular flexibility index (Phi) is 12.4. The van der Waals surface area contributed by atoms with Crippen LogP contribution in [-0.4, -0.2) is 113 Å². The summed E-state index contributed by atoms with van der Waals surface area (Å²) in [6.45, 7) is 12.5. The molecule has 64 heavy (non-hydrogen) atoms. The van der Waals surface area contributed by atoms with E-state index in [9.17, 15) is 19.8 Å². The molecule has 4 aromatic heterocycles. The minimum Gasteiger partial charge on any atom is -0.507 e. The van der Waals surface area contributed by atoms with E-state index >= 15 is 0 Å². The van der Waals surface area contributed by atoms with Gasteiger partial charge in [0.05, 0.1) is 45.5 Å².